The molecule has 0 saturated heterocycles. The normalized spacial score (nSPS) is 12.3. The quantitative estimate of drug-likeness (QED) is 0.700. The van der Waals surface area contributed by atoms with E-state index >= 15 is 0 Å². The highest BCUT2D eigenvalue weighted by atomic mass is 16.3. The number of nitrogens with one attached hydrogen (secondary N) is 1. The first-order valence-electron chi connectivity index (χ1n) is 5.34. The molecule has 1 unspecified atom stereocenters. The van der Waals surface area contributed by atoms with Gasteiger partial charge in [-0.1, -0.05) is 18.2 Å². The Labute approximate surface area is 91.6 Å². The van der Waals surface area contributed by atoms with Gasteiger partial charge in [0.2, 0.25) is 0 Å². The first-order valence-corrected chi connectivity index (χ1v) is 5.34. The molecule has 0 radical (unpaired) electrons. The van der Waals surface area contributed by atoms with Gasteiger partial charge < -0.3 is 10.4 Å². The minimum atomic E-state index is 0.327. The molecule has 1 rings (SSSR count). The lowest BCUT2D eigenvalue weighted by atomic mass is 10.1. The van der Waals surface area contributed by atoms with Crippen LogP contribution in [0.2, 0.25) is 0 Å². The number of allylic oxidation sites excluding steroid dienone is 1. The highest BCUT2D eigenvalue weighted by molar-refractivity contribution is 5.26. The van der Waals surface area contributed by atoms with Crippen molar-refractivity contribution in [2.75, 3.05) is 0 Å². The third-order valence-electron chi connectivity index (χ3n) is 2.37. The maximum atomic E-state index is 9.28. The van der Waals surface area contributed by atoms with Crippen molar-refractivity contribution in [3.8, 4) is 5.75 Å². The molecule has 2 N–H and O–H groups in total. The van der Waals surface area contributed by atoms with Gasteiger partial charge in [-0.25, -0.2) is 0 Å². The summed E-state index contributed by atoms with van der Waals surface area (Å²) in [5, 5.41) is 12.7. The van der Waals surface area contributed by atoms with Crippen molar-refractivity contribution in [2.45, 2.75) is 32.4 Å². The Balaban J connectivity index is 2.33. The predicted octanol–water partition coefficient (Wildman–Crippen LogP) is 2.84. The minimum absolute atomic E-state index is 0.327. The number of phenols is 1. The van der Waals surface area contributed by atoms with Crippen LogP contribution >= 0.6 is 0 Å². The first-order chi connectivity index (χ1) is 7.22. The van der Waals surface area contributed by atoms with Gasteiger partial charge in [0.05, 0.1) is 0 Å². The molecule has 0 saturated carbocycles. The molecule has 0 aliphatic rings. The summed E-state index contributed by atoms with van der Waals surface area (Å²) in [4.78, 5) is 0. The Morgan fingerprint density at radius 1 is 1.53 bits per heavy atom. The molecule has 0 heterocycles. The van der Waals surface area contributed by atoms with Gasteiger partial charge >= 0.3 is 0 Å². The van der Waals surface area contributed by atoms with E-state index in [-0.39, 0.29) is 0 Å². The minimum Gasteiger partial charge on any atom is -0.508 e. The summed E-state index contributed by atoms with van der Waals surface area (Å²) in [6.07, 6.45) is 4.07. The van der Waals surface area contributed by atoms with Gasteiger partial charge in [0.15, 0.2) is 0 Å². The van der Waals surface area contributed by atoms with Gasteiger partial charge in [0.25, 0.3) is 0 Å². The molecule has 1 atom stereocenters. The van der Waals surface area contributed by atoms with Crippen LogP contribution in [0, 0.1) is 0 Å². The average molecular weight is 205 g/mol. The van der Waals surface area contributed by atoms with E-state index in [1.54, 1.807) is 12.1 Å². The zero-order valence-electron chi connectivity index (χ0n) is 9.24. The van der Waals surface area contributed by atoms with Gasteiger partial charge in [-0.05, 0) is 37.5 Å². The second kappa shape index (κ2) is 6.25. The summed E-state index contributed by atoms with van der Waals surface area (Å²) in [6, 6.07) is 7.82. The van der Waals surface area contributed by atoms with Crippen LogP contribution in [-0.2, 0) is 6.54 Å². The molecule has 0 bridgehead atoms. The van der Waals surface area contributed by atoms with Crippen LogP contribution in [0.3, 0.4) is 0 Å². The molecule has 82 valence electrons. The molecule has 0 aliphatic carbocycles. The van der Waals surface area contributed by atoms with Gasteiger partial charge in [0.1, 0.15) is 5.75 Å². The van der Waals surface area contributed by atoms with Crippen molar-refractivity contribution in [2.24, 2.45) is 0 Å². The largest absolute Gasteiger partial charge is 0.508 e. The zero-order chi connectivity index (χ0) is 11.1. The Hall–Kier alpha value is -1.28. The fraction of sp³-hybridized carbons (Fsp3) is 0.385. The van der Waals surface area contributed by atoms with E-state index in [4.69, 9.17) is 0 Å². The third kappa shape index (κ3) is 4.66. The number of hydrogen-bond acceptors (Lipinski definition) is 2. The van der Waals surface area contributed by atoms with Crippen LogP contribution in [0.15, 0.2) is 36.9 Å². The molecule has 1 aromatic carbocycles. The molecule has 0 aromatic heterocycles. The highest BCUT2D eigenvalue weighted by Gasteiger charge is 2.00. The summed E-state index contributed by atoms with van der Waals surface area (Å²) in [6.45, 7) is 6.66. The number of rotatable bonds is 6. The Bertz CT molecular complexity index is 309. The van der Waals surface area contributed by atoms with E-state index in [9.17, 15) is 5.11 Å². The molecule has 0 fully saturated rings. The van der Waals surface area contributed by atoms with Crippen molar-refractivity contribution in [3.63, 3.8) is 0 Å². The fourth-order valence-corrected chi connectivity index (χ4v) is 1.43. The maximum Gasteiger partial charge on any atom is 0.115 e. The van der Waals surface area contributed by atoms with Crippen molar-refractivity contribution < 1.29 is 5.11 Å². The molecular formula is C13H19NO. The lowest BCUT2D eigenvalue weighted by Gasteiger charge is -2.12. The summed E-state index contributed by atoms with van der Waals surface area (Å²) >= 11 is 0. The lowest BCUT2D eigenvalue weighted by Crippen LogP contribution is -2.25. The molecule has 2 heteroatoms. The smallest absolute Gasteiger partial charge is 0.115 e. The van der Waals surface area contributed by atoms with E-state index in [2.05, 4.69) is 18.8 Å². The summed E-state index contributed by atoms with van der Waals surface area (Å²) in [5.41, 5.74) is 1.11. The predicted molar refractivity (Wildman–Crippen MR) is 63.8 cm³/mol. The van der Waals surface area contributed by atoms with Gasteiger partial charge in [-0.2, -0.15) is 0 Å². The molecule has 0 amide bonds. The summed E-state index contributed by atoms with van der Waals surface area (Å²) in [5.74, 6) is 0.327. The summed E-state index contributed by atoms with van der Waals surface area (Å²) < 4.78 is 0. The van der Waals surface area contributed by atoms with Crippen molar-refractivity contribution >= 4 is 0 Å². The van der Waals surface area contributed by atoms with Crippen LogP contribution in [0.1, 0.15) is 25.3 Å². The van der Waals surface area contributed by atoms with Crippen LogP contribution in [0.5, 0.6) is 5.75 Å². The highest BCUT2D eigenvalue weighted by Crippen LogP contribution is 2.10. The number of benzene rings is 1. The fourth-order valence-electron chi connectivity index (χ4n) is 1.43. The second-order valence-electron chi connectivity index (χ2n) is 3.82. The number of hydrogen-bond donors (Lipinski definition) is 2. The van der Waals surface area contributed by atoms with Gasteiger partial charge in [-0.3, -0.25) is 0 Å². The molecule has 15 heavy (non-hydrogen) atoms. The SMILES string of the molecule is C=CCCC(C)NCc1cccc(O)c1. The standard InChI is InChI=1S/C13H19NO/c1-3-4-6-11(2)14-10-12-7-5-8-13(15)9-12/h3,5,7-9,11,14-15H,1,4,6,10H2,2H3. The molecule has 0 aliphatic heterocycles. The maximum absolute atomic E-state index is 9.28. The van der Waals surface area contributed by atoms with E-state index in [1.807, 2.05) is 18.2 Å². The van der Waals surface area contributed by atoms with E-state index < -0.39 is 0 Å². The molecule has 0 spiro atoms. The van der Waals surface area contributed by atoms with Gasteiger partial charge in [0, 0.05) is 12.6 Å². The number of phenolic OH excluding ortho intramolecular Hbond substituents is 1. The second-order valence-corrected chi connectivity index (χ2v) is 3.82. The average Bonchev–Trinajstić information content (AvgIpc) is 2.23. The zero-order valence-corrected chi connectivity index (χ0v) is 9.24. The van der Waals surface area contributed by atoms with E-state index in [0.717, 1.165) is 24.9 Å². The molecular weight excluding hydrogens is 186 g/mol. The van der Waals surface area contributed by atoms with Crippen LogP contribution in [0.25, 0.3) is 0 Å². The Kier molecular flexibility index (Phi) is 4.91. The van der Waals surface area contributed by atoms with Crippen molar-refractivity contribution in [1.29, 1.82) is 0 Å². The Morgan fingerprint density at radius 3 is 3.00 bits per heavy atom. The van der Waals surface area contributed by atoms with Crippen LogP contribution in [0.4, 0.5) is 0 Å². The molecule has 2 nitrogen and oxygen atoms in total. The van der Waals surface area contributed by atoms with Crippen molar-refractivity contribution in [3.05, 3.63) is 42.5 Å². The lowest BCUT2D eigenvalue weighted by molar-refractivity contribution is 0.472. The Morgan fingerprint density at radius 2 is 2.33 bits per heavy atom. The van der Waals surface area contributed by atoms with Crippen molar-refractivity contribution in [1.82, 2.24) is 5.32 Å². The van der Waals surface area contributed by atoms with Crippen LogP contribution < -0.4 is 5.32 Å². The third-order valence-corrected chi connectivity index (χ3v) is 2.37. The monoisotopic (exact) mass is 205 g/mol. The van der Waals surface area contributed by atoms with Crippen LogP contribution in [-0.4, -0.2) is 11.1 Å². The number of aromatic hydroxyl groups is 1. The van der Waals surface area contributed by atoms with Gasteiger partial charge in [-0.15, -0.1) is 6.58 Å². The summed E-state index contributed by atoms with van der Waals surface area (Å²) in [7, 11) is 0. The van der Waals surface area contributed by atoms with E-state index in [1.165, 1.54) is 0 Å². The topological polar surface area (TPSA) is 32.3 Å². The first kappa shape index (κ1) is 11.8. The van der Waals surface area contributed by atoms with E-state index in [0.29, 0.717) is 11.8 Å². The molecule has 1 aromatic rings.